The highest BCUT2D eigenvalue weighted by Gasteiger charge is 2.22. The van der Waals surface area contributed by atoms with Crippen molar-refractivity contribution in [1.82, 2.24) is 14.3 Å². The zero-order chi connectivity index (χ0) is 13.7. The van der Waals surface area contributed by atoms with Crippen molar-refractivity contribution < 1.29 is 9.90 Å². The number of aliphatic hydroxyl groups is 1. The van der Waals surface area contributed by atoms with Gasteiger partial charge in [0.25, 0.3) is 0 Å². The fourth-order valence-electron chi connectivity index (χ4n) is 1.83. The second-order valence-corrected chi connectivity index (χ2v) is 6.27. The molecule has 8 heteroatoms. The Kier molecular flexibility index (Phi) is 5.56. The molecule has 1 aliphatic heterocycles. The largest absolute Gasteiger partial charge is 0.392 e. The molecular weight excluding hydrogens is 284 g/mol. The Labute approximate surface area is 120 Å². The summed E-state index contributed by atoms with van der Waals surface area (Å²) in [6, 6.07) is 0. The number of rotatable bonds is 6. The van der Waals surface area contributed by atoms with Crippen molar-refractivity contribution in [2.45, 2.75) is 31.0 Å². The van der Waals surface area contributed by atoms with Gasteiger partial charge in [-0.25, -0.2) is 0 Å². The predicted octanol–water partition coefficient (Wildman–Crippen LogP) is 1.05. The predicted molar refractivity (Wildman–Crippen MR) is 76.6 cm³/mol. The van der Waals surface area contributed by atoms with Gasteiger partial charge in [-0.15, -0.1) is 0 Å². The molecule has 0 aliphatic carbocycles. The maximum atomic E-state index is 11.8. The van der Waals surface area contributed by atoms with Gasteiger partial charge in [0.15, 0.2) is 0 Å². The third-order valence-electron chi connectivity index (χ3n) is 2.70. The zero-order valence-corrected chi connectivity index (χ0v) is 12.5. The molecule has 1 saturated heterocycles. The van der Waals surface area contributed by atoms with E-state index in [0.29, 0.717) is 18.2 Å². The molecule has 0 radical (unpaired) electrons. The van der Waals surface area contributed by atoms with Crippen LogP contribution in [-0.2, 0) is 4.79 Å². The van der Waals surface area contributed by atoms with Crippen LogP contribution in [-0.4, -0.2) is 56.8 Å². The molecule has 1 atom stereocenters. The minimum absolute atomic E-state index is 0.0997. The minimum Gasteiger partial charge on any atom is -0.392 e. The van der Waals surface area contributed by atoms with E-state index >= 15 is 0 Å². The quantitative estimate of drug-likeness (QED) is 0.765. The first-order valence-electron chi connectivity index (χ1n) is 6.34. The summed E-state index contributed by atoms with van der Waals surface area (Å²) in [7, 11) is 0. The highest BCUT2D eigenvalue weighted by atomic mass is 32.2. The third-order valence-corrected chi connectivity index (χ3v) is 4.50. The summed E-state index contributed by atoms with van der Waals surface area (Å²) in [6.07, 6.45) is 1.51. The lowest BCUT2D eigenvalue weighted by Crippen LogP contribution is -2.32. The van der Waals surface area contributed by atoms with Crippen LogP contribution in [0.2, 0.25) is 0 Å². The van der Waals surface area contributed by atoms with Crippen molar-refractivity contribution in [2.75, 3.05) is 30.7 Å². The maximum Gasteiger partial charge on any atom is 0.240 e. The average molecular weight is 302 g/mol. The Morgan fingerprint density at radius 2 is 2.53 bits per heavy atom. The van der Waals surface area contributed by atoms with Crippen molar-refractivity contribution in [2.24, 2.45) is 0 Å². The van der Waals surface area contributed by atoms with Crippen LogP contribution in [0, 0.1) is 0 Å². The number of carbonyl (C=O) groups is 1. The molecule has 0 saturated carbocycles. The van der Waals surface area contributed by atoms with Gasteiger partial charge >= 0.3 is 0 Å². The van der Waals surface area contributed by atoms with E-state index in [0.717, 1.165) is 30.3 Å². The average Bonchev–Trinajstić information content (AvgIpc) is 2.96. The molecule has 1 amide bonds. The van der Waals surface area contributed by atoms with Crippen molar-refractivity contribution in [3.63, 3.8) is 0 Å². The van der Waals surface area contributed by atoms with Crippen molar-refractivity contribution in [3.05, 3.63) is 0 Å². The molecular formula is C11H18N4O2S2. The molecule has 2 rings (SSSR count). The molecule has 2 N–H and O–H groups in total. The van der Waals surface area contributed by atoms with Crippen LogP contribution in [0.1, 0.15) is 19.8 Å². The van der Waals surface area contributed by atoms with E-state index in [2.05, 4.69) is 21.6 Å². The summed E-state index contributed by atoms with van der Waals surface area (Å²) >= 11 is 2.80. The fraction of sp³-hybridized carbons (Fsp3) is 0.727. The van der Waals surface area contributed by atoms with Gasteiger partial charge in [-0.3, -0.25) is 15.0 Å². The number of amides is 1. The number of carbonyl (C=O) groups excluding carboxylic acids is 1. The Hall–Kier alpha value is -0.700. The first-order chi connectivity index (χ1) is 9.17. The summed E-state index contributed by atoms with van der Waals surface area (Å²) in [6.45, 7) is 3.74. The monoisotopic (exact) mass is 302 g/mol. The normalized spacial score (nSPS) is 19.8. The summed E-state index contributed by atoms with van der Waals surface area (Å²) in [5.41, 5.74) is 0. The molecule has 0 spiro atoms. The molecule has 1 aliphatic rings. The third kappa shape index (κ3) is 4.72. The van der Waals surface area contributed by atoms with E-state index in [1.54, 1.807) is 11.8 Å². The number of anilines is 1. The number of β-amino-alcohol motifs (C(OH)–C–C–N with tert-alkyl or cyclic N) is 1. The molecule has 106 valence electrons. The van der Waals surface area contributed by atoms with Crippen molar-refractivity contribution in [1.29, 1.82) is 0 Å². The molecule has 6 nitrogen and oxygen atoms in total. The van der Waals surface area contributed by atoms with E-state index in [9.17, 15) is 9.90 Å². The highest BCUT2D eigenvalue weighted by molar-refractivity contribution is 7.99. The molecule has 19 heavy (non-hydrogen) atoms. The second-order valence-electron chi connectivity index (χ2n) is 4.46. The van der Waals surface area contributed by atoms with Crippen LogP contribution in [0.25, 0.3) is 0 Å². The lowest BCUT2D eigenvalue weighted by Gasteiger charge is -2.13. The van der Waals surface area contributed by atoms with E-state index < -0.39 is 0 Å². The van der Waals surface area contributed by atoms with E-state index in [4.69, 9.17) is 0 Å². The summed E-state index contributed by atoms with van der Waals surface area (Å²) < 4.78 is 4.18. The molecule has 2 heterocycles. The number of thioether (sulfide) groups is 1. The van der Waals surface area contributed by atoms with Crippen LogP contribution >= 0.6 is 23.3 Å². The molecule has 1 aromatic heterocycles. The highest BCUT2D eigenvalue weighted by Crippen LogP contribution is 2.20. The van der Waals surface area contributed by atoms with Gasteiger partial charge in [0.05, 0.1) is 12.6 Å². The standard InChI is InChI=1S/C11H18N4O2S2/c1-2-5-18-11-13-10(19-14-11)12-9(17)7-15-4-3-8(16)6-15/h8,16H,2-7H2,1H3,(H,12,13,14,17)/t8-/m0/s1. The Bertz CT molecular complexity index is 427. The van der Waals surface area contributed by atoms with Crippen LogP contribution in [0.15, 0.2) is 5.16 Å². The lowest BCUT2D eigenvalue weighted by molar-refractivity contribution is -0.117. The smallest absolute Gasteiger partial charge is 0.240 e. The first-order valence-corrected chi connectivity index (χ1v) is 8.10. The van der Waals surface area contributed by atoms with Gasteiger partial charge in [-0.1, -0.05) is 18.7 Å². The van der Waals surface area contributed by atoms with Gasteiger partial charge in [0.2, 0.25) is 16.2 Å². The molecule has 0 unspecified atom stereocenters. The van der Waals surface area contributed by atoms with Gasteiger partial charge in [0, 0.05) is 30.4 Å². The van der Waals surface area contributed by atoms with Gasteiger partial charge in [-0.05, 0) is 12.8 Å². The first kappa shape index (κ1) is 14.7. The Balaban J connectivity index is 1.77. The molecule has 1 fully saturated rings. The van der Waals surface area contributed by atoms with Crippen LogP contribution in [0.3, 0.4) is 0 Å². The van der Waals surface area contributed by atoms with Gasteiger partial charge in [-0.2, -0.15) is 9.36 Å². The Morgan fingerprint density at radius 3 is 3.21 bits per heavy atom. The van der Waals surface area contributed by atoms with E-state index in [-0.39, 0.29) is 12.0 Å². The zero-order valence-electron chi connectivity index (χ0n) is 10.8. The molecule has 1 aromatic rings. The number of hydrogen-bond acceptors (Lipinski definition) is 7. The SMILES string of the molecule is CCCSc1nsc(NC(=O)CN2CC[C@H](O)C2)n1. The van der Waals surface area contributed by atoms with Gasteiger partial charge in [0.1, 0.15) is 0 Å². The number of aromatic nitrogens is 2. The van der Waals surface area contributed by atoms with Crippen LogP contribution in [0.4, 0.5) is 5.13 Å². The number of likely N-dealkylation sites (tertiary alicyclic amines) is 1. The number of hydrogen-bond donors (Lipinski definition) is 2. The lowest BCUT2D eigenvalue weighted by atomic mass is 10.3. The second kappa shape index (κ2) is 7.18. The van der Waals surface area contributed by atoms with Crippen molar-refractivity contribution >= 4 is 34.3 Å². The summed E-state index contributed by atoms with van der Waals surface area (Å²) in [5.74, 6) is 0.882. The van der Waals surface area contributed by atoms with Gasteiger partial charge < -0.3 is 5.11 Å². The number of aliphatic hydroxyl groups excluding tert-OH is 1. The number of nitrogens with one attached hydrogen (secondary N) is 1. The Morgan fingerprint density at radius 1 is 1.68 bits per heavy atom. The van der Waals surface area contributed by atoms with E-state index in [1.807, 2.05) is 4.90 Å². The van der Waals surface area contributed by atoms with E-state index in [1.165, 1.54) is 11.5 Å². The number of nitrogens with zero attached hydrogens (tertiary/aromatic N) is 3. The molecule has 0 aromatic carbocycles. The summed E-state index contributed by atoms with van der Waals surface area (Å²) in [5, 5.41) is 13.4. The maximum absolute atomic E-state index is 11.8. The van der Waals surface area contributed by atoms with Crippen LogP contribution < -0.4 is 5.32 Å². The van der Waals surface area contributed by atoms with Crippen molar-refractivity contribution in [3.8, 4) is 0 Å². The van der Waals surface area contributed by atoms with Crippen LogP contribution in [0.5, 0.6) is 0 Å². The molecule has 0 bridgehead atoms. The topological polar surface area (TPSA) is 78.4 Å². The fourth-order valence-corrected chi connectivity index (χ4v) is 3.25. The summed E-state index contributed by atoms with van der Waals surface area (Å²) in [4.78, 5) is 18.0. The minimum atomic E-state index is -0.300.